The molecule has 164 valence electrons. The largest absolute Gasteiger partial charge is 0.444 e. The van der Waals surface area contributed by atoms with Gasteiger partial charge in [0.25, 0.3) is 0 Å². The molecule has 1 saturated heterocycles. The Balaban J connectivity index is 2.49. The predicted molar refractivity (Wildman–Crippen MR) is 117 cm³/mol. The van der Waals surface area contributed by atoms with Crippen LogP contribution in [0.1, 0.15) is 54.4 Å². The molecule has 1 N–H and O–H groups in total. The Labute approximate surface area is 172 Å². The summed E-state index contributed by atoms with van der Waals surface area (Å²) in [6.07, 6.45) is 1.87. The van der Waals surface area contributed by atoms with Crippen molar-refractivity contribution in [3.05, 3.63) is 0 Å². The molecule has 0 aromatic carbocycles. The lowest BCUT2D eigenvalue weighted by Gasteiger charge is -2.28. The van der Waals surface area contributed by atoms with Gasteiger partial charge < -0.3 is 24.8 Å². The maximum absolute atomic E-state index is 12.4. The molecule has 0 aliphatic carbocycles. The van der Waals surface area contributed by atoms with Crippen LogP contribution in [0.5, 0.6) is 0 Å². The first-order chi connectivity index (χ1) is 13.2. The third-order valence-electron chi connectivity index (χ3n) is 5.02. The fourth-order valence-electron chi connectivity index (χ4n) is 3.55. The second-order valence-corrected chi connectivity index (χ2v) is 8.53. The van der Waals surface area contributed by atoms with E-state index in [-0.39, 0.29) is 6.09 Å². The number of rotatable bonds is 9. The summed E-state index contributed by atoms with van der Waals surface area (Å²) in [5, 5.41) is 3.43. The second-order valence-electron chi connectivity index (χ2n) is 8.53. The Morgan fingerprint density at radius 1 is 1.21 bits per heavy atom. The number of hydrogen-bond donors (Lipinski definition) is 1. The van der Waals surface area contributed by atoms with Crippen LogP contribution in [0.3, 0.4) is 0 Å². The van der Waals surface area contributed by atoms with E-state index in [9.17, 15) is 4.79 Å². The van der Waals surface area contributed by atoms with Gasteiger partial charge in [0.1, 0.15) is 5.60 Å². The number of aliphatic imine (C=N–C) groups is 1. The van der Waals surface area contributed by atoms with Crippen molar-refractivity contribution in [3.8, 4) is 0 Å². The maximum Gasteiger partial charge on any atom is 0.410 e. The number of hydrogen-bond acceptors (Lipinski definition) is 4. The summed E-state index contributed by atoms with van der Waals surface area (Å²) in [4.78, 5) is 23.4. The molecule has 1 aliphatic rings. The quantitative estimate of drug-likeness (QED) is 0.479. The number of carbonyl (C=O) groups excluding carboxylic acids is 1. The lowest BCUT2D eigenvalue weighted by Crippen LogP contribution is -2.45. The molecule has 1 atom stereocenters. The van der Waals surface area contributed by atoms with Crippen LogP contribution in [0.4, 0.5) is 4.79 Å². The lowest BCUT2D eigenvalue weighted by molar-refractivity contribution is 0.0253. The number of amides is 1. The molecular weight excluding hydrogens is 354 g/mol. The Kier molecular flexibility index (Phi) is 10.6. The molecule has 0 bridgehead atoms. The van der Waals surface area contributed by atoms with Gasteiger partial charge in [-0.25, -0.2) is 4.79 Å². The van der Waals surface area contributed by atoms with E-state index in [4.69, 9.17) is 4.74 Å². The van der Waals surface area contributed by atoms with Gasteiger partial charge in [0.2, 0.25) is 0 Å². The third-order valence-corrected chi connectivity index (χ3v) is 5.02. The molecule has 0 aromatic heterocycles. The van der Waals surface area contributed by atoms with Gasteiger partial charge in [-0.05, 0) is 52.6 Å². The SMILES string of the molecule is CCCN(CCNC(=NC)N1CCC(CN(CC)CC)C1)C(=O)OC(C)(C)C. The van der Waals surface area contributed by atoms with E-state index in [1.165, 1.54) is 6.42 Å². The number of carbonyl (C=O) groups is 1. The highest BCUT2D eigenvalue weighted by Crippen LogP contribution is 2.17. The number of nitrogens with zero attached hydrogens (tertiary/aromatic N) is 4. The van der Waals surface area contributed by atoms with Crippen molar-refractivity contribution in [1.29, 1.82) is 0 Å². The van der Waals surface area contributed by atoms with Crippen molar-refractivity contribution in [1.82, 2.24) is 20.0 Å². The van der Waals surface area contributed by atoms with Gasteiger partial charge in [0, 0.05) is 46.3 Å². The summed E-state index contributed by atoms with van der Waals surface area (Å²) in [6.45, 7) is 19.7. The van der Waals surface area contributed by atoms with Crippen molar-refractivity contribution in [2.45, 2.75) is 60.0 Å². The van der Waals surface area contributed by atoms with Crippen molar-refractivity contribution >= 4 is 12.1 Å². The predicted octanol–water partition coefficient (Wildman–Crippen LogP) is 2.87. The van der Waals surface area contributed by atoms with E-state index >= 15 is 0 Å². The molecule has 1 rings (SSSR count). The third kappa shape index (κ3) is 8.67. The topological polar surface area (TPSA) is 60.4 Å². The highest BCUT2D eigenvalue weighted by atomic mass is 16.6. The number of guanidine groups is 1. The molecule has 1 fully saturated rings. The van der Waals surface area contributed by atoms with Crippen LogP contribution in [0, 0.1) is 5.92 Å². The molecule has 1 aliphatic heterocycles. The summed E-state index contributed by atoms with van der Waals surface area (Å²) in [5.74, 6) is 1.62. The van der Waals surface area contributed by atoms with Crippen LogP contribution in [0.25, 0.3) is 0 Å². The van der Waals surface area contributed by atoms with E-state index in [1.807, 2.05) is 27.8 Å². The van der Waals surface area contributed by atoms with Crippen molar-refractivity contribution in [2.75, 3.05) is 59.4 Å². The van der Waals surface area contributed by atoms with Crippen LogP contribution in [-0.2, 0) is 4.74 Å². The second kappa shape index (κ2) is 12.1. The van der Waals surface area contributed by atoms with Gasteiger partial charge in [-0.1, -0.05) is 20.8 Å². The van der Waals surface area contributed by atoms with E-state index in [1.54, 1.807) is 4.90 Å². The normalized spacial score (nSPS) is 17.9. The summed E-state index contributed by atoms with van der Waals surface area (Å²) < 4.78 is 5.52. The first-order valence-corrected chi connectivity index (χ1v) is 10.9. The summed E-state index contributed by atoms with van der Waals surface area (Å²) >= 11 is 0. The zero-order valence-electron chi connectivity index (χ0n) is 19.3. The van der Waals surface area contributed by atoms with Crippen molar-refractivity contribution in [2.24, 2.45) is 10.9 Å². The first kappa shape index (κ1) is 24.5. The summed E-state index contributed by atoms with van der Waals surface area (Å²) in [6, 6.07) is 0. The number of ether oxygens (including phenoxy) is 1. The number of nitrogens with one attached hydrogen (secondary N) is 1. The summed E-state index contributed by atoms with van der Waals surface area (Å²) in [7, 11) is 1.83. The van der Waals surface area contributed by atoms with Crippen LogP contribution in [0.2, 0.25) is 0 Å². The Bertz CT molecular complexity index is 486. The molecule has 7 heteroatoms. The van der Waals surface area contributed by atoms with Gasteiger partial charge in [-0.15, -0.1) is 0 Å². The Morgan fingerprint density at radius 2 is 1.89 bits per heavy atom. The summed E-state index contributed by atoms with van der Waals surface area (Å²) in [5.41, 5.74) is -0.470. The molecule has 0 radical (unpaired) electrons. The van der Waals surface area contributed by atoms with E-state index < -0.39 is 5.60 Å². The van der Waals surface area contributed by atoms with Crippen LogP contribution in [-0.4, -0.2) is 91.8 Å². The van der Waals surface area contributed by atoms with E-state index in [2.05, 4.69) is 40.9 Å². The maximum atomic E-state index is 12.4. The standard InChI is InChI=1S/C21H43N5O2/c1-8-13-25(20(27)28-21(4,5)6)15-12-23-19(22-7)26-14-11-18(17-26)16-24(9-2)10-3/h18H,8-17H2,1-7H3,(H,22,23). The van der Waals surface area contributed by atoms with Crippen LogP contribution < -0.4 is 5.32 Å². The molecule has 0 aromatic rings. The average Bonchev–Trinajstić information content (AvgIpc) is 3.09. The van der Waals surface area contributed by atoms with Crippen LogP contribution >= 0.6 is 0 Å². The fraction of sp³-hybridized carbons (Fsp3) is 0.905. The lowest BCUT2D eigenvalue weighted by atomic mass is 10.1. The minimum Gasteiger partial charge on any atom is -0.444 e. The molecule has 28 heavy (non-hydrogen) atoms. The Morgan fingerprint density at radius 3 is 2.43 bits per heavy atom. The Hall–Kier alpha value is -1.50. The molecule has 1 heterocycles. The molecule has 1 unspecified atom stereocenters. The highest BCUT2D eigenvalue weighted by Gasteiger charge is 2.26. The van der Waals surface area contributed by atoms with Gasteiger partial charge in [0.05, 0.1) is 0 Å². The zero-order valence-corrected chi connectivity index (χ0v) is 19.3. The molecular formula is C21H43N5O2. The van der Waals surface area contributed by atoms with Crippen molar-refractivity contribution < 1.29 is 9.53 Å². The highest BCUT2D eigenvalue weighted by molar-refractivity contribution is 5.80. The van der Waals surface area contributed by atoms with Gasteiger partial charge >= 0.3 is 6.09 Å². The van der Waals surface area contributed by atoms with Gasteiger partial charge in [0.15, 0.2) is 5.96 Å². The zero-order chi connectivity index (χ0) is 21.2. The minimum atomic E-state index is -0.470. The van der Waals surface area contributed by atoms with E-state index in [0.717, 1.165) is 45.1 Å². The van der Waals surface area contributed by atoms with Crippen LogP contribution in [0.15, 0.2) is 4.99 Å². The molecule has 0 saturated carbocycles. The number of likely N-dealkylation sites (tertiary alicyclic amines) is 1. The smallest absolute Gasteiger partial charge is 0.410 e. The fourth-order valence-corrected chi connectivity index (χ4v) is 3.55. The molecule has 1 amide bonds. The first-order valence-electron chi connectivity index (χ1n) is 10.9. The van der Waals surface area contributed by atoms with Crippen molar-refractivity contribution in [3.63, 3.8) is 0 Å². The molecule has 0 spiro atoms. The van der Waals surface area contributed by atoms with E-state index in [0.29, 0.717) is 25.6 Å². The monoisotopic (exact) mass is 397 g/mol. The van der Waals surface area contributed by atoms with Gasteiger partial charge in [-0.3, -0.25) is 4.99 Å². The molecule has 7 nitrogen and oxygen atoms in total. The van der Waals surface area contributed by atoms with Gasteiger partial charge in [-0.2, -0.15) is 0 Å². The average molecular weight is 398 g/mol. The minimum absolute atomic E-state index is 0.244.